The number of piperazine rings is 1. The molecule has 0 radical (unpaired) electrons. The number of anilines is 1. The van der Waals surface area contributed by atoms with Gasteiger partial charge in [-0.1, -0.05) is 20.8 Å². The van der Waals surface area contributed by atoms with Crippen LogP contribution in [-0.4, -0.2) is 58.7 Å². The highest BCUT2D eigenvalue weighted by molar-refractivity contribution is 5.73. The van der Waals surface area contributed by atoms with Crippen LogP contribution >= 0.6 is 0 Å². The molecule has 7 nitrogen and oxygen atoms in total. The summed E-state index contributed by atoms with van der Waals surface area (Å²) in [5.41, 5.74) is 1.63. The Morgan fingerprint density at radius 2 is 2.04 bits per heavy atom. The summed E-state index contributed by atoms with van der Waals surface area (Å²) in [6.45, 7) is 9.30. The number of imidazole rings is 1. The molecule has 0 atom stereocenters. The van der Waals surface area contributed by atoms with E-state index in [2.05, 4.69) is 19.9 Å². The van der Waals surface area contributed by atoms with E-state index in [1.165, 1.54) is 0 Å². The van der Waals surface area contributed by atoms with Crippen LogP contribution in [0.5, 0.6) is 0 Å². The summed E-state index contributed by atoms with van der Waals surface area (Å²) in [6.07, 6.45) is 1.50. The average Bonchev–Trinajstić information content (AvgIpc) is 2.96. The number of fused-ring (bicyclic) bond motifs is 1. The van der Waals surface area contributed by atoms with Gasteiger partial charge in [0.15, 0.2) is 5.65 Å². The van der Waals surface area contributed by atoms with Crippen molar-refractivity contribution in [1.82, 2.24) is 19.9 Å². The zero-order chi connectivity index (χ0) is 16.4. The fourth-order valence-corrected chi connectivity index (χ4v) is 2.45. The molecule has 1 fully saturated rings. The van der Waals surface area contributed by atoms with Crippen LogP contribution in [0.1, 0.15) is 20.8 Å². The highest BCUT2D eigenvalue weighted by Crippen LogP contribution is 2.18. The van der Waals surface area contributed by atoms with Crippen LogP contribution in [0.15, 0.2) is 18.3 Å². The third-order valence-electron chi connectivity index (χ3n) is 3.71. The second-order valence-corrected chi connectivity index (χ2v) is 7.02. The Kier molecular flexibility index (Phi) is 4.11. The summed E-state index contributed by atoms with van der Waals surface area (Å²) in [4.78, 5) is 28.0. The molecule has 2 aromatic rings. The fourth-order valence-electron chi connectivity index (χ4n) is 2.45. The number of aromatic amines is 1. The maximum absolute atomic E-state index is 12.1. The summed E-state index contributed by atoms with van der Waals surface area (Å²) in [6, 6.07) is 3.84. The van der Waals surface area contributed by atoms with E-state index in [4.69, 9.17) is 4.74 Å². The third-order valence-corrected chi connectivity index (χ3v) is 3.71. The van der Waals surface area contributed by atoms with Crippen molar-refractivity contribution in [2.24, 2.45) is 5.41 Å². The lowest BCUT2D eigenvalue weighted by atomic mass is 9.99. The normalized spacial score (nSPS) is 16.0. The Labute approximate surface area is 135 Å². The third kappa shape index (κ3) is 3.72. The van der Waals surface area contributed by atoms with Crippen molar-refractivity contribution in [3.63, 3.8) is 0 Å². The number of amides is 1. The number of carbonyl (C=O) groups is 1. The van der Waals surface area contributed by atoms with Crippen LogP contribution < -0.4 is 4.90 Å². The first-order chi connectivity index (χ1) is 10.9. The van der Waals surface area contributed by atoms with Gasteiger partial charge in [-0.2, -0.15) is 4.98 Å². The average molecular weight is 317 g/mol. The molecule has 7 heteroatoms. The van der Waals surface area contributed by atoms with E-state index in [1.807, 2.05) is 32.9 Å². The van der Waals surface area contributed by atoms with E-state index in [-0.39, 0.29) is 11.5 Å². The van der Waals surface area contributed by atoms with E-state index in [0.717, 1.165) is 30.2 Å². The molecule has 1 saturated heterocycles. The molecule has 1 N–H and O–H groups in total. The molecule has 0 spiro atoms. The smallest absolute Gasteiger partial charge is 0.409 e. The molecule has 124 valence electrons. The van der Waals surface area contributed by atoms with Gasteiger partial charge in [-0.05, 0) is 17.5 Å². The van der Waals surface area contributed by atoms with Gasteiger partial charge in [-0.25, -0.2) is 9.78 Å². The molecule has 0 aliphatic carbocycles. The first-order valence-electron chi connectivity index (χ1n) is 7.90. The Hall–Kier alpha value is -2.31. The minimum Gasteiger partial charge on any atom is -0.449 e. The molecule has 0 unspecified atom stereocenters. The number of pyridine rings is 1. The van der Waals surface area contributed by atoms with Crippen LogP contribution in [0, 0.1) is 5.41 Å². The Morgan fingerprint density at radius 3 is 2.70 bits per heavy atom. The summed E-state index contributed by atoms with van der Waals surface area (Å²) >= 11 is 0. The largest absolute Gasteiger partial charge is 0.449 e. The first-order valence-corrected chi connectivity index (χ1v) is 7.90. The molecule has 0 saturated carbocycles. The quantitative estimate of drug-likeness (QED) is 0.919. The van der Waals surface area contributed by atoms with Gasteiger partial charge in [-0.3, -0.25) is 0 Å². The van der Waals surface area contributed by atoms with Crippen molar-refractivity contribution in [3.05, 3.63) is 18.3 Å². The van der Waals surface area contributed by atoms with Crippen molar-refractivity contribution in [2.75, 3.05) is 37.7 Å². The molecule has 1 aliphatic heterocycles. The van der Waals surface area contributed by atoms with E-state index < -0.39 is 0 Å². The van der Waals surface area contributed by atoms with Gasteiger partial charge in [0.25, 0.3) is 0 Å². The van der Waals surface area contributed by atoms with Crippen molar-refractivity contribution in [1.29, 1.82) is 0 Å². The lowest BCUT2D eigenvalue weighted by Crippen LogP contribution is -2.49. The van der Waals surface area contributed by atoms with Gasteiger partial charge >= 0.3 is 6.09 Å². The maximum atomic E-state index is 12.1. The maximum Gasteiger partial charge on any atom is 0.409 e. The second kappa shape index (κ2) is 6.06. The van der Waals surface area contributed by atoms with Gasteiger partial charge in [0.2, 0.25) is 5.95 Å². The van der Waals surface area contributed by atoms with Gasteiger partial charge in [0.05, 0.1) is 12.1 Å². The standard InChI is InChI=1S/C16H23N5O2/c1-16(2,3)11-23-15(22)21-9-7-20(8-10-21)14-18-12-5-4-6-17-13(12)19-14/h4-6H,7-11H2,1-3H3,(H,17,18,19). The lowest BCUT2D eigenvalue weighted by molar-refractivity contribution is 0.0707. The monoisotopic (exact) mass is 317 g/mol. The van der Waals surface area contributed by atoms with Crippen molar-refractivity contribution < 1.29 is 9.53 Å². The van der Waals surface area contributed by atoms with E-state index in [9.17, 15) is 4.79 Å². The predicted molar refractivity (Wildman–Crippen MR) is 88.5 cm³/mol. The SMILES string of the molecule is CC(C)(C)COC(=O)N1CCN(c2nc3ncccc3[nH]2)CC1. The van der Waals surface area contributed by atoms with Crippen LogP contribution in [0.4, 0.5) is 10.7 Å². The zero-order valence-corrected chi connectivity index (χ0v) is 13.9. The van der Waals surface area contributed by atoms with Crippen molar-refractivity contribution >= 4 is 23.2 Å². The number of H-pyrrole nitrogens is 1. The first kappa shape index (κ1) is 15.6. The van der Waals surface area contributed by atoms with E-state index >= 15 is 0 Å². The Morgan fingerprint density at radius 1 is 1.30 bits per heavy atom. The highest BCUT2D eigenvalue weighted by atomic mass is 16.6. The minimum absolute atomic E-state index is 0.0151. The molecule has 1 amide bonds. The predicted octanol–water partition coefficient (Wildman–Crippen LogP) is 2.26. The summed E-state index contributed by atoms with van der Waals surface area (Å²) < 4.78 is 5.37. The summed E-state index contributed by atoms with van der Waals surface area (Å²) in [5, 5.41) is 0. The lowest BCUT2D eigenvalue weighted by Gasteiger charge is -2.34. The van der Waals surface area contributed by atoms with Crippen molar-refractivity contribution in [3.8, 4) is 0 Å². The number of hydrogen-bond donors (Lipinski definition) is 1. The molecular weight excluding hydrogens is 294 g/mol. The van der Waals surface area contributed by atoms with E-state index in [0.29, 0.717) is 19.7 Å². The number of nitrogens with one attached hydrogen (secondary N) is 1. The van der Waals surface area contributed by atoms with Crippen LogP contribution in [-0.2, 0) is 4.74 Å². The summed E-state index contributed by atoms with van der Waals surface area (Å²) in [5.74, 6) is 0.807. The highest BCUT2D eigenvalue weighted by Gasteiger charge is 2.25. The summed E-state index contributed by atoms with van der Waals surface area (Å²) in [7, 11) is 0. The van der Waals surface area contributed by atoms with Crippen LogP contribution in [0.25, 0.3) is 11.2 Å². The number of nitrogens with zero attached hydrogens (tertiary/aromatic N) is 4. The van der Waals surface area contributed by atoms with Crippen LogP contribution in [0.3, 0.4) is 0 Å². The molecule has 1 aliphatic rings. The fraction of sp³-hybridized carbons (Fsp3) is 0.562. The molecule has 2 aromatic heterocycles. The van der Waals surface area contributed by atoms with Crippen LogP contribution in [0.2, 0.25) is 0 Å². The van der Waals surface area contributed by atoms with Gasteiger partial charge in [-0.15, -0.1) is 0 Å². The molecule has 3 rings (SSSR count). The minimum atomic E-state index is -0.231. The zero-order valence-electron chi connectivity index (χ0n) is 13.9. The van der Waals surface area contributed by atoms with Crippen molar-refractivity contribution in [2.45, 2.75) is 20.8 Å². The molecule has 0 bridgehead atoms. The Bertz CT molecular complexity index is 650. The van der Waals surface area contributed by atoms with Gasteiger partial charge < -0.3 is 19.5 Å². The number of hydrogen-bond acceptors (Lipinski definition) is 5. The Balaban J connectivity index is 1.56. The number of carbonyl (C=O) groups excluding carboxylic acids is 1. The molecule has 0 aromatic carbocycles. The van der Waals surface area contributed by atoms with Gasteiger partial charge in [0.1, 0.15) is 0 Å². The number of ether oxygens (including phenoxy) is 1. The van der Waals surface area contributed by atoms with Gasteiger partial charge in [0, 0.05) is 32.4 Å². The molecule has 3 heterocycles. The number of aromatic nitrogens is 3. The molecule has 23 heavy (non-hydrogen) atoms. The number of rotatable bonds is 2. The second-order valence-electron chi connectivity index (χ2n) is 7.02. The molecular formula is C16H23N5O2. The van der Waals surface area contributed by atoms with E-state index in [1.54, 1.807) is 11.1 Å². The topological polar surface area (TPSA) is 74.3 Å².